The molecule has 0 fully saturated rings. The summed E-state index contributed by atoms with van der Waals surface area (Å²) >= 11 is -0.625. The van der Waals surface area contributed by atoms with Crippen molar-refractivity contribution in [2.45, 2.75) is 30.2 Å². The van der Waals surface area contributed by atoms with Crippen molar-refractivity contribution in [3.05, 3.63) is 123 Å². The van der Waals surface area contributed by atoms with E-state index >= 15 is 0 Å². The van der Waals surface area contributed by atoms with Crippen LogP contribution in [0.25, 0.3) is 0 Å². The van der Waals surface area contributed by atoms with Gasteiger partial charge in [0, 0.05) is 22.6 Å². The van der Waals surface area contributed by atoms with Crippen LogP contribution in [0.4, 0.5) is 70.2 Å². The van der Waals surface area contributed by atoms with E-state index in [1.54, 1.807) is 0 Å². The third-order valence-electron chi connectivity index (χ3n) is 6.79. The lowest BCUT2D eigenvalue weighted by Crippen LogP contribution is -2.24. The Morgan fingerprint density at radius 1 is 0.518 bits per heavy atom. The maximum atomic E-state index is 13.9. The Kier molecular flexibility index (Phi) is 14.1. The first kappa shape index (κ1) is 43.5. The molecule has 0 saturated carbocycles. The number of hydrogen-bond acceptors (Lipinski definition) is 8. The number of alkyl halides is 6. The number of rotatable bonds is 15. The zero-order chi connectivity index (χ0) is 41.5. The van der Waals surface area contributed by atoms with Crippen molar-refractivity contribution in [3.63, 3.8) is 0 Å². The van der Waals surface area contributed by atoms with Crippen LogP contribution in [0.1, 0.15) is 23.1 Å². The van der Waals surface area contributed by atoms with Crippen molar-refractivity contribution in [1.82, 2.24) is 0 Å². The molecule has 0 radical (unpaired) electrons. The van der Waals surface area contributed by atoms with E-state index in [1.165, 1.54) is 0 Å². The topological polar surface area (TPSA) is 70.9 Å². The first-order valence-corrected chi connectivity index (χ1v) is 15.4. The summed E-state index contributed by atoms with van der Waals surface area (Å²) < 4.78 is 231. The van der Waals surface area contributed by atoms with Gasteiger partial charge in [-0.25, -0.2) is 43.9 Å². The maximum absolute atomic E-state index is 13.9. The van der Waals surface area contributed by atoms with Gasteiger partial charge in [0.25, 0.3) is 0 Å². The van der Waals surface area contributed by atoms with Crippen molar-refractivity contribution in [2.75, 3.05) is 13.2 Å². The quantitative estimate of drug-likeness (QED) is 0.0174. The van der Waals surface area contributed by atoms with Crippen LogP contribution in [0.2, 0.25) is 0 Å². The molecule has 7 nitrogen and oxygen atoms in total. The lowest BCUT2D eigenvalue weighted by atomic mass is 10.1. The van der Waals surface area contributed by atoms with E-state index in [9.17, 15) is 70.2 Å². The van der Waals surface area contributed by atoms with E-state index in [-0.39, 0.29) is 31.1 Å². The highest BCUT2D eigenvalue weighted by atomic mass is 32.2. The Hall–Kier alpha value is -5.23. The zero-order valence-corrected chi connectivity index (χ0v) is 27.7. The molecule has 302 valence electrons. The molecule has 0 unspecified atom stereocenters. The van der Waals surface area contributed by atoms with Gasteiger partial charge < -0.3 is 9.47 Å². The van der Waals surface area contributed by atoms with E-state index in [1.807, 2.05) is 0 Å². The van der Waals surface area contributed by atoms with Gasteiger partial charge >= 0.3 is 12.4 Å². The van der Waals surface area contributed by atoms with Crippen molar-refractivity contribution in [2.24, 2.45) is 10.1 Å². The average molecular weight is 845 g/mol. The second kappa shape index (κ2) is 18.1. The van der Waals surface area contributed by atoms with Gasteiger partial charge in [0.1, 0.15) is 22.1 Å². The molecule has 4 rings (SSSR count). The van der Waals surface area contributed by atoms with Crippen molar-refractivity contribution in [3.8, 4) is 11.5 Å². The van der Waals surface area contributed by atoms with Gasteiger partial charge in [-0.05, 0) is 53.7 Å². The molecule has 4 aromatic carbocycles. The Balaban J connectivity index is 1.28. The smallest absolute Gasteiger partial charge is 0.437 e. The maximum Gasteiger partial charge on any atom is 0.437 e. The van der Waals surface area contributed by atoms with E-state index in [0.29, 0.717) is 0 Å². The molecule has 0 N–H and O–H groups in total. The fourth-order valence-electron chi connectivity index (χ4n) is 4.19. The van der Waals surface area contributed by atoms with Gasteiger partial charge in [-0.1, -0.05) is 0 Å². The number of ether oxygens (including phenoxy) is 2. The van der Waals surface area contributed by atoms with E-state index in [2.05, 4.69) is 24.5 Å². The first-order valence-electron chi connectivity index (χ1n) is 14.7. The molecule has 0 amide bonds. The summed E-state index contributed by atoms with van der Waals surface area (Å²) in [4.78, 5) is 5.31. The number of benzene rings is 4. The van der Waals surface area contributed by atoms with Gasteiger partial charge in [-0.2, -0.15) is 31.3 Å². The molecular weight excluding hydrogens is 828 g/mol. The highest BCUT2D eigenvalue weighted by Gasteiger charge is 2.39. The third kappa shape index (κ3) is 10.3. The van der Waals surface area contributed by atoms with Gasteiger partial charge in [0.05, 0.1) is 37.4 Å². The Bertz CT molecular complexity index is 2040. The molecule has 24 heteroatoms. The molecule has 56 heavy (non-hydrogen) atoms. The molecule has 0 bridgehead atoms. The van der Waals surface area contributed by atoms with E-state index in [0.717, 1.165) is 48.5 Å². The monoisotopic (exact) mass is 844 g/mol. The predicted molar refractivity (Wildman–Crippen MR) is 159 cm³/mol. The molecule has 0 heterocycles. The normalized spacial score (nSPS) is 12.6. The second-order valence-corrected chi connectivity index (χ2v) is 11.2. The first-order chi connectivity index (χ1) is 26.2. The zero-order valence-electron chi connectivity index (χ0n) is 26.8. The Morgan fingerprint density at radius 2 is 0.911 bits per heavy atom. The number of hydrogen-bond donors (Lipinski definition) is 0. The minimum atomic E-state index is -5.22. The summed E-state index contributed by atoms with van der Waals surface area (Å²) in [6.07, 6.45) is -10.3. The van der Waals surface area contributed by atoms with E-state index < -0.39 is 122 Å². The van der Waals surface area contributed by atoms with Crippen molar-refractivity contribution in [1.29, 1.82) is 0 Å². The van der Waals surface area contributed by atoms with Crippen LogP contribution < -0.4 is 9.47 Å². The summed E-state index contributed by atoms with van der Waals surface area (Å²) in [6, 6.07) is 7.71. The van der Waals surface area contributed by atoms with Gasteiger partial charge in [0.2, 0.25) is 11.6 Å². The standard InChI is InChI=1S/C32H16F16N2O5S/c33-18-17(19(34)21(36)22(37)20(18)35)12-49-29(31(43,44)45)13-2-6-15(7-3-13)51-10-1-11-52-16-8-4-14(5-9-16)30(32(46,47)48)50-53-54-55-56-28-26(41)24(39)23(38)25(40)27(28)42/h2-9H,1,10-12H2/b49-29?,50-30+. The Morgan fingerprint density at radius 3 is 1.34 bits per heavy atom. The molecule has 0 saturated heterocycles. The van der Waals surface area contributed by atoms with Crippen LogP contribution in [0.15, 0.2) is 63.6 Å². The summed E-state index contributed by atoms with van der Waals surface area (Å²) in [5.41, 5.74) is -6.28. The molecular formula is C32H16F16N2O5S. The Labute approximate surface area is 306 Å². The van der Waals surface area contributed by atoms with Crippen molar-refractivity contribution < 1.29 is 94.1 Å². The molecule has 4 aromatic rings. The molecule has 0 aromatic heterocycles. The summed E-state index contributed by atoms with van der Waals surface area (Å²) in [5.74, 6) is -23.6. The predicted octanol–water partition coefficient (Wildman–Crippen LogP) is 10.3. The van der Waals surface area contributed by atoms with Crippen LogP contribution in [-0.2, 0) is 20.9 Å². The second-order valence-electron chi connectivity index (χ2n) is 10.4. The summed E-state index contributed by atoms with van der Waals surface area (Å²) in [5, 5.41) is 6.42. The molecule has 0 aliphatic heterocycles. The van der Waals surface area contributed by atoms with Gasteiger partial charge in [-0.3, -0.25) is 4.99 Å². The highest BCUT2D eigenvalue weighted by molar-refractivity contribution is 7.94. The van der Waals surface area contributed by atoms with Crippen LogP contribution >= 0.6 is 12.0 Å². The highest BCUT2D eigenvalue weighted by Crippen LogP contribution is 2.32. The molecule has 0 spiro atoms. The third-order valence-corrected chi connectivity index (χ3v) is 7.44. The molecule has 0 aliphatic carbocycles. The van der Waals surface area contributed by atoms with Gasteiger partial charge in [0.15, 0.2) is 52.2 Å². The summed E-state index contributed by atoms with van der Waals surface area (Å²) in [7, 11) is 0. The number of nitrogens with zero attached hydrogens (tertiary/aromatic N) is 2. The number of halogens is 16. The van der Waals surface area contributed by atoms with Crippen LogP contribution in [0.3, 0.4) is 0 Å². The molecule has 0 atom stereocenters. The number of oxime groups is 1. The molecule has 0 aliphatic rings. The van der Waals surface area contributed by atoms with Crippen molar-refractivity contribution >= 4 is 23.5 Å². The summed E-state index contributed by atoms with van der Waals surface area (Å²) in [6.45, 7) is -1.75. The van der Waals surface area contributed by atoms with E-state index in [4.69, 9.17) is 9.47 Å². The lowest BCUT2D eigenvalue weighted by molar-refractivity contribution is -0.462. The van der Waals surface area contributed by atoms with Gasteiger partial charge in [-0.15, -0.1) is 4.33 Å². The fourth-order valence-corrected chi connectivity index (χ4v) is 4.63. The van der Waals surface area contributed by atoms with Crippen LogP contribution in [-0.4, -0.2) is 37.0 Å². The lowest BCUT2D eigenvalue weighted by Gasteiger charge is -2.13. The SMILES string of the molecule is Fc1c(F)c(F)c(CN=C(c2ccc(OCCCOc3ccc(/C(=N\OOOSc4c(F)c(F)c(F)c(F)c4F)C(F)(F)F)cc3)cc2)C(F)(F)F)c(F)c1F. The number of aliphatic imine (C=N–C) groups is 1. The largest absolute Gasteiger partial charge is 0.493 e. The minimum absolute atomic E-state index is 0.0196. The minimum Gasteiger partial charge on any atom is -0.493 e. The van der Waals surface area contributed by atoms with Crippen LogP contribution in [0, 0.1) is 58.2 Å². The fraction of sp³-hybridized carbons (Fsp3) is 0.188. The average Bonchev–Trinajstić information content (AvgIpc) is 3.15. The van der Waals surface area contributed by atoms with Crippen LogP contribution in [0.5, 0.6) is 11.5 Å².